The fraction of sp³-hybridized carbons (Fsp3) is 0.381. The van der Waals surface area contributed by atoms with Gasteiger partial charge in [-0.1, -0.05) is 23.9 Å². The van der Waals surface area contributed by atoms with E-state index in [0.717, 1.165) is 36.5 Å². The first-order chi connectivity index (χ1) is 14.8. The number of rotatable bonds is 1. The van der Waals surface area contributed by atoms with E-state index in [1.807, 2.05) is 13.0 Å². The summed E-state index contributed by atoms with van der Waals surface area (Å²) in [6.45, 7) is 3.50. The summed E-state index contributed by atoms with van der Waals surface area (Å²) < 4.78 is 39.5. The van der Waals surface area contributed by atoms with Gasteiger partial charge in [0.05, 0.1) is 29.0 Å². The number of hydrogen-bond acceptors (Lipinski definition) is 5. The number of anilines is 2. The molecule has 1 aromatic heterocycles. The van der Waals surface area contributed by atoms with Crippen LogP contribution in [0.5, 0.6) is 0 Å². The molecule has 0 radical (unpaired) electrons. The number of nitrogens with one attached hydrogen (secondary N) is 1. The number of carbonyl (C=O) groups excluding carboxylic acids is 1. The maximum atomic E-state index is 13.2. The van der Waals surface area contributed by atoms with Crippen LogP contribution in [0.15, 0.2) is 41.4 Å². The van der Waals surface area contributed by atoms with Crippen LogP contribution in [-0.2, 0) is 6.18 Å². The van der Waals surface area contributed by atoms with Gasteiger partial charge < -0.3 is 4.90 Å². The molecule has 3 aliphatic heterocycles. The average Bonchev–Trinajstić information content (AvgIpc) is 3.34. The molecular formula is C21H20F3N5OS. The zero-order valence-electron chi connectivity index (χ0n) is 16.7. The maximum absolute atomic E-state index is 13.2. The molecule has 5 rings (SSSR count). The Bertz CT molecular complexity index is 1070. The van der Waals surface area contributed by atoms with Crippen molar-refractivity contribution in [3.63, 3.8) is 0 Å². The molecule has 0 spiro atoms. The number of aromatic nitrogens is 1. The number of thioether (sulfide) groups is 1. The van der Waals surface area contributed by atoms with Gasteiger partial charge in [-0.15, -0.1) is 0 Å². The van der Waals surface area contributed by atoms with Gasteiger partial charge >= 0.3 is 12.2 Å². The number of fused-ring (bicyclic) bond motifs is 4. The van der Waals surface area contributed by atoms with Gasteiger partial charge in [-0.05, 0) is 37.6 Å². The van der Waals surface area contributed by atoms with Crippen molar-refractivity contribution < 1.29 is 18.0 Å². The quantitative estimate of drug-likeness (QED) is 0.706. The number of nitrogens with zero attached hydrogens (tertiary/aromatic N) is 4. The van der Waals surface area contributed by atoms with Gasteiger partial charge in [0.25, 0.3) is 0 Å². The second-order valence-electron chi connectivity index (χ2n) is 7.90. The van der Waals surface area contributed by atoms with Crippen molar-refractivity contribution in [1.82, 2.24) is 10.3 Å². The van der Waals surface area contributed by atoms with Crippen LogP contribution < -0.4 is 15.1 Å². The molecule has 1 N–H and O–H groups in total. The Kier molecular flexibility index (Phi) is 4.84. The van der Waals surface area contributed by atoms with Crippen molar-refractivity contribution in [2.75, 3.05) is 28.6 Å². The van der Waals surface area contributed by atoms with E-state index < -0.39 is 11.7 Å². The number of amidine groups is 1. The minimum absolute atomic E-state index is 0.0406. The first kappa shape index (κ1) is 20.2. The molecule has 162 valence electrons. The van der Waals surface area contributed by atoms with Gasteiger partial charge in [-0.2, -0.15) is 13.2 Å². The second-order valence-corrected chi connectivity index (χ2v) is 8.91. The molecule has 31 heavy (non-hydrogen) atoms. The topological polar surface area (TPSA) is 60.8 Å². The Balaban J connectivity index is 1.51. The summed E-state index contributed by atoms with van der Waals surface area (Å²) >= 11 is 1.50. The lowest BCUT2D eigenvalue weighted by Gasteiger charge is -2.35. The lowest BCUT2D eigenvalue weighted by atomic mass is 10.1. The predicted octanol–water partition coefficient (Wildman–Crippen LogP) is 4.37. The van der Waals surface area contributed by atoms with Crippen LogP contribution in [0.25, 0.3) is 11.3 Å². The van der Waals surface area contributed by atoms with Crippen LogP contribution in [0.1, 0.15) is 18.9 Å². The van der Waals surface area contributed by atoms with Gasteiger partial charge in [-0.25, -0.2) is 9.78 Å². The molecule has 1 aromatic carbocycles. The number of pyridine rings is 1. The molecule has 0 saturated carbocycles. The lowest BCUT2D eigenvalue weighted by molar-refractivity contribution is -0.137. The van der Waals surface area contributed by atoms with Crippen molar-refractivity contribution in [2.45, 2.75) is 31.6 Å². The zero-order chi connectivity index (χ0) is 21.8. The van der Waals surface area contributed by atoms with Crippen molar-refractivity contribution in [3.05, 3.63) is 42.0 Å². The summed E-state index contributed by atoms with van der Waals surface area (Å²) in [4.78, 5) is 26.0. The number of amides is 2. The highest BCUT2D eigenvalue weighted by Gasteiger charge is 2.41. The summed E-state index contributed by atoms with van der Waals surface area (Å²) in [6.07, 6.45) is -3.63. The fourth-order valence-corrected chi connectivity index (χ4v) is 5.07. The average molecular weight is 447 g/mol. The molecule has 3 aliphatic rings. The van der Waals surface area contributed by atoms with E-state index in [0.29, 0.717) is 28.8 Å². The molecule has 1 unspecified atom stereocenters. The van der Waals surface area contributed by atoms with Crippen LogP contribution in [-0.4, -0.2) is 47.1 Å². The maximum Gasteiger partial charge on any atom is 0.416 e. The van der Waals surface area contributed by atoms with E-state index in [1.165, 1.54) is 17.8 Å². The van der Waals surface area contributed by atoms with Crippen LogP contribution in [0, 0.1) is 0 Å². The van der Waals surface area contributed by atoms with Crippen molar-refractivity contribution in [3.8, 4) is 11.3 Å². The highest BCUT2D eigenvalue weighted by atomic mass is 32.2. The van der Waals surface area contributed by atoms with E-state index >= 15 is 0 Å². The molecule has 0 aliphatic carbocycles. The standard InChI is InChI=1S/C21H20F3N5OS/c1-12-11-31-19(25-12)27-20(30)29-15-7-8-28(10-15)17-6-5-16(26-18(17)29)13-3-2-4-14(9-13)21(22,23)24/h2-6,9,12,15H,7-8,10-11H2,1H3,(H,25,27,30)/t12?,15-/m0/s1. The van der Waals surface area contributed by atoms with Gasteiger partial charge in [-0.3, -0.25) is 15.2 Å². The number of halogens is 3. The summed E-state index contributed by atoms with van der Waals surface area (Å²) in [6, 6.07) is 8.44. The minimum atomic E-state index is -4.43. The van der Waals surface area contributed by atoms with E-state index in [1.54, 1.807) is 17.0 Å². The molecule has 2 aromatic rings. The molecule has 2 amide bonds. The summed E-state index contributed by atoms with van der Waals surface area (Å²) in [7, 11) is 0. The number of hydrogen-bond donors (Lipinski definition) is 1. The Morgan fingerprint density at radius 3 is 2.84 bits per heavy atom. The molecule has 2 atom stereocenters. The third kappa shape index (κ3) is 3.73. The van der Waals surface area contributed by atoms with Crippen molar-refractivity contribution in [2.24, 2.45) is 4.99 Å². The number of carbonyl (C=O) groups is 1. The van der Waals surface area contributed by atoms with Crippen LogP contribution >= 0.6 is 11.8 Å². The van der Waals surface area contributed by atoms with Crippen LogP contribution in [0.2, 0.25) is 0 Å². The summed E-state index contributed by atoms with van der Waals surface area (Å²) in [5, 5.41) is 3.47. The van der Waals surface area contributed by atoms with Crippen molar-refractivity contribution in [1.29, 1.82) is 0 Å². The van der Waals surface area contributed by atoms with Crippen molar-refractivity contribution >= 4 is 34.5 Å². The van der Waals surface area contributed by atoms with Gasteiger partial charge in [0.15, 0.2) is 11.0 Å². The third-order valence-corrected chi connectivity index (χ3v) is 6.80. The molecule has 2 bridgehead atoms. The Labute approximate surface area is 181 Å². The highest BCUT2D eigenvalue weighted by molar-refractivity contribution is 8.14. The molecular weight excluding hydrogens is 427 g/mol. The number of alkyl halides is 3. The number of urea groups is 1. The van der Waals surface area contributed by atoms with Crippen LogP contribution in [0.3, 0.4) is 0 Å². The van der Waals surface area contributed by atoms with Gasteiger partial charge in [0.1, 0.15) is 0 Å². The summed E-state index contributed by atoms with van der Waals surface area (Å²) in [5.41, 5.74) is 0.837. The highest BCUT2D eigenvalue weighted by Crippen LogP contribution is 2.40. The van der Waals surface area contributed by atoms with E-state index in [9.17, 15) is 18.0 Å². The Morgan fingerprint density at radius 1 is 1.26 bits per heavy atom. The van der Waals surface area contributed by atoms with Crippen LogP contribution in [0.4, 0.5) is 29.5 Å². The normalized spacial score (nSPS) is 22.4. The molecule has 10 heteroatoms. The third-order valence-electron chi connectivity index (χ3n) is 5.67. The molecule has 6 nitrogen and oxygen atoms in total. The lowest BCUT2D eigenvalue weighted by Crippen LogP contribution is -2.51. The SMILES string of the molecule is CC1CSC(NC(=O)N2c3nc(-c4cccc(C(F)(F)F)c4)ccc3N3CC[C@H]2C3)=N1. The Hall–Kier alpha value is -2.75. The molecule has 4 heterocycles. The molecule has 1 fully saturated rings. The van der Waals surface area contributed by atoms with E-state index in [2.05, 4.69) is 20.2 Å². The largest absolute Gasteiger partial charge is 0.416 e. The second kappa shape index (κ2) is 7.44. The van der Waals surface area contributed by atoms with E-state index in [-0.39, 0.29) is 18.1 Å². The Morgan fingerprint density at radius 2 is 2.10 bits per heavy atom. The monoisotopic (exact) mass is 447 g/mol. The fourth-order valence-electron chi connectivity index (χ4n) is 4.18. The minimum Gasteiger partial charge on any atom is -0.366 e. The smallest absolute Gasteiger partial charge is 0.366 e. The zero-order valence-corrected chi connectivity index (χ0v) is 17.5. The number of benzene rings is 1. The van der Waals surface area contributed by atoms with Gasteiger partial charge in [0, 0.05) is 24.4 Å². The first-order valence-corrected chi connectivity index (χ1v) is 11.0. The van der Waals surface area contributed by atoms with Gasteiger partial charge in [0.2, 0.25) is 0 Å². The first-order valence-electron chi connectivity index (χ1n) is 10.0. The number of aliphatic imine (C=N–C) groups is 1. The van der Waals surface area contributed by atoms with E-state index in [4.69, 9.17) is 0 Å². The molecule has 1 saturated heterocycles. The predicted molar refractivity (Wildman–Crippen MR) is 116 cm³/mol. The summed E-state index contributed by atoms with van der Waals surface area (Å²) in [5.74, 6) is 1.29.